The Morgan fingerprint density at radius 1 is 0.849 bits per heavy atom. The Morgan fingerprint density at radius 3 is 1.94 bits per heavy atom. The fourth-order valence-corrected chi connectivity index (χ4v) is 8.09. The lowest BCUT2D eigenvalue weighted by atomic mass is 9.73. The van der Waals surface area contributed by atoms with E-state index in [1.165, 1.54) is 0 Å². The molecule has 1 saturated heterocycles. The molecule has 6 rings (SSSR count). The number of ether oxygens (including phenoxy) is 1. The van der Waals surface area contributed by atoms with Gasteiger partial charge in [-0.2, -0.15) is 0 Å². The number of hydrogen-bond acceptors (Lipinski definition) is 5. The number of carboxylic acid groups (broad SMARTS) is 1. The summed E-state index contributed by atoms with van der Waals surface area (Å²) in [5.41, 5.74) is 3.99. The standard InChI is InChI=1S/C43H51N5O5/c1-5-34(33-21-13-8-14-22-33)38-37(48-36-24-16-15-23-35(36)46(41(48)50)28-26-44-40(49)53-43(2,3)4)25-27-47(42(51)52)39(38)45(29-31-17-9-6-10-18-31)30-32-19-11-7-12-20-32/h6-24,34,37-39H,5,25-30H2,1-4H3,(H,44,49)(H,51,52). The molecule has 0 bridgehead atoms. The fourth-order valence-electron chi connectivity index (χ4n) is 8.09. The van der Waals surface area contributed by atoms with Crippen LogP contribution in [0.15, 0.2) is 120 Å². The van der Waals surface area contributed by atoms with Gasteiger partial charge in [-0.3, -0.25) is 18.9 Å². The van der Waals surface area contributed by atoms with Crippen molar-refractivity contribution in [2.24, 2.45) is 5.92 Å². The van der Waals surface area contributed by atoms with Crippen LogP contribution in [0.4, 0.5) is 9.59 Å². The van der Waals surface area contributed by atoms with E-state index in [4.69, 9.17) is 4.74 Å². The third kappa shape index (κ3) is 8.66. The number of imidazole rings is 1. The van der Waals surface area contributed by atoms with Crippen molar-refractivity contribution in [3.8, 4) is 0 Å². The first-order valence-electron chi connectivity index (χ1n) is 18.6. The Kier molecular flexibility index (Phi) is 11.7. The first-order valence-corrected chi connectivity index (χ1v) is 18.6. The summed E-state index contributed by atoms with van der Waals surface area (Å²) in [6, 6.07) is 38.1. The zero-order valence-electron chi connectivity index (χ0n) is 31.1. The number of nitrogens with zero attached hydrogens (tertiary/aromatic N) is 4. The number of likely N-dealkylation sites (tertiary alicyclic amines) is 1. The Labute approximate surface area is 311 Å². The Morgan fingerprint density at radius 2 is 1.40 bits per heavy atom. The van der Waals surface area contributed by atoms with Crippen LogP contribution in [0.3, 0.4) is 0 Å². The number of carbonyl (C=O) groups is 2. The van der Waals surface area contributed by atoms with E-state index in [2.05, 4.69) is 53.5 Å². The number of amides is 2. The van der Waals surface area contributed by atoms with Crippen LogP contribution in [-0.4, -0.2) is 61.1 Å². The number of fused-ring (bicyclic) bond motifs is 1. The van der Waals surface area contributed by atoms with Crippen molar-refractivity contribution in [1.82, 2.24) is 24.3 Å². The topological polar surface area (TPSA) is 109 Å². The summed E-state index contributed by atoms with van der Waals surface area (Å²) in [7, 11) is 0. The normalized spacial score (nSPS) is 18.2. The van der Waals surface area contributed by atoms with Crippen molar-refractivity contribution in [3.63, 3.8) is 0 Å². The van der Waals surface area contributed by atoms with Crippen LogP contribution >= 0.6 is 0 Å². The molecule has 0 spiro atoms. The summed E-state index contributed by atoms with van der Waals surface area (Å²) in [6.07, 6.45) is -0.878. The van der Waals surface area contributed by atoms with E-state index in [1.807, 2.05) is 104 Å². The van der Waals surface area contributed by atoms with Gasteiger partial charge in [0.25, 0.3) is 0 Å². The molecule has 0 saturated carbocycles. The van der Waals surface area contributed by atoms with Crippen LogP contribution < -0.4 is 11.0 Å². The van der Waals surface area contributed by atoms with E-state index in [-0.39, 0.29) is 43.2 Å². The zero-order valence-corrected chi connectivity index (χ0v) is 31.1. The molecule has 0 radical (unpaired) electrons. The third-order valence-corrected chi connectivity index (χ3v) is 10.2. The lowest BCUT2D eigenvalue weighted by Crippen LogP contribution is -2.61. The molecule has 278 valence electrons. The summed E-state index contributed by atoms with van der Waals surface area (Å²) >= 11 is 0. The minimum atomic E-state index is -0.976. The first-order chi connectivity index (χ1) is 25.6. The molecule has 1 fully saturated rings. The molecule has 4 unspecified atom stereocenters. The number of alkyl carbamates (subject to hydrolysis) is 1. The van der Waals surface area contributed by atoms with Gasteiger partial charge in [-0.15, -0.1) is 0 Å². The average molecular weight is 718 g/mol. The molecule has 10 heteroatoms. The van der Waals surface area contributed by atoms with E-state index >= 15 is 0 Å². The van der Waals surface area contributed by atoms with Crippen molar-refractivity contribution in [1.29, 1.82) is 0 Å². The molecule has 2 amide bonds. The number of carbonyl (C=O) groups excluding carboxylic acids is 1. The first kappa shape index (κ1) is 37.4. The van der Waals surface area contributed by atoms with Crippen molar-refractivity contribution in [3.05, 3.63) is 142 Å². The Hall–Kier alpha value is -5.35. The van der Waals surface area contributed by atoms with E-state index < -0.39 is 24.0 Å². The highest BCUT2D eigenvalue weighted by molar-refractivity contribution is 5.76. The van der Waals surface area contributed by atoms with Gasteiger partial charge in [0.05, 0.1) is 17.2 Å². The SMILES string of the molecule is CCC(c1ccccc1)C1C(N(Cc2ccccc2)Cc2ccccc2)N(C(=O)O)CCC1n1c(=O)n(CCNC(=O)OC(C)(C)C)c2ccccc21. The average Bonchev–Trinajstić information content (AvgIpc) is 3.42. The van der Waals surface area contributed by atoms with Crippen LogP contribution in [0.25, 0.3) is 11.0 Å². The van der Waals surface area contributed by atoms with Crippen molar-refractivity contribution >= 4 is 23.2 Å². The van der Waals surface area contributed by atoms with Crippen LogP contribution in [0.5, 0.6) is 0 Å². The van der Waals surface area contributed by atoms with Gasteiger partial charge in [-0.25, -0.2) is 14.4 Å². The minimum Gasteiger partial charge on any atom is -0.465 e. The molecule has 5 aromatic rings. The number of rotatable bonds is 12. The van der Waals surface area contributed by atoms with E-state index in [0.29, 0.717) is 19.5 Å². The van der Waals surface area contributed by atoms with Gasteiger partial charge in [-0.1, -0.05) is 110 Å². The molecule has 1 aliphatic heterocycles. The van der Waals surface area contributed by atoms with Gasteiger partial charge in [0.2, 0.25) is 0 Å². The Balaban J connectivity index is 1.50. The quantitative estimate of drug-likeness (QED) is 0.135. The number of piperidine rings is 1. The molecule has 0 aliphatic carbocycles. The van der Waals surface area contributed by atoms with Crippen LogP contribution in [-0.2, 0) is 24.4 Å². The van der Waals surface area contributed by atoms with Crippen LogP contribution in [0.1, 0.15) is 69.2 Å². The van der Waals surface area contributed by atoms with Gasteiger partial charge < -0.3 is 15.2 Å². The molecule has 53 heavy (non-hydrogen) atoms. The van der Waals surface area contributed by atoms with E-state index in [0.717, 1.165) is 34.1 Å². The summed E-state index contributed by atoms with van der Waals surface area (Å²) in [5, 5.41) is 13.7. The lowest BCUT2D eigenvalue weighted by molar-refractivity contribution is -0.0557. The molecule has 2 N–H and O–H groups in total. The van der Waals surface area contributed by atoms with Crippen LogP contribution in [0, 0.1) is 5.92 Å². The summed E-state index contributed by atoms with van der Waals surface area (Å²) in [4.78, 5) is 44.5. The van der Waals surface area contributed by atoms with Gasteiger partial charge in [-0.05, 0) is 68.4 Å². The van der Waals surface area contributed by atoms with Gasteiger partial charge in [0, 0.05) is 44.7 Å². The highest BCUT2D eigenvalue weighted by atomic mass is 16.6. The number of nitrogens with one attached hydrogen (secondary N) is 1. The number of para-hydroxylation sites is 2. The Bertz CT molecular complexity index is 1980. The predicted octanol–water partition coefficient (Wildman–Crippen LogP) is 8.09. The maximum Gasteiger partial charge on any atom is 0.408 e. The second kappa shape index (κ2) is 16.5. The molecule has 4 atom stereocenters. The van der Waals surface area contributed by atoms with Gasteiger partial charge >= 0.3 is 17.9 Å². The van der Waals surface area contributed by atoms with E-state index in [9.17, 15) is 19.5 Å². The smallest absolute Gasteiger partial charge is 0.408 e. The molecule has 4 aromatic carbocycles. The number of benzene rings is 4. The molecule has 1 aromatic heterocycles. The summed E-state index contributed by atoms with van der Waals surface area (Å²) in [6.45, 7) is 9.33. The maximum atomic E-state index is 14.8. The summed E-state index contributed by atoms with van der Waals surface area (Å²) in [5.74, 6) is -0.387. The summed E-state index contributed by atoms with van der Waals surface area (Å²) < 4.78 is 9.07. The van der Waals surface area contributed by atoms with Crippen LogP contribution in [0.2, 0.25) is 0 Å². The lowest BCUT2D eigenvalue weighted by Gasteiger charge is -2.52. The monoisotopic (exact) mass is 717 g/mol. The maximum absolute atomic E-state index is 14.8. The highest BCUT2D eigenvalue weighted by Crippen LogP contribution is 2.46. The van der Waals surface area contributed by atoms with E-state index in [1.54, 1.807) is 9.47 Å². The largest absolute Gasteiger partial charge is 0.465 e. The molecule has 1 aliphatic rings. The van der Waals surface area contributed by atoms with Gasteiger partial charge in [0.15, 0.2) is 0 Å². The van der Waals surface area contributed by atoms with Crippen molar-refractivity contribution in [2.45, 2.75) is 83.9 Å². The molecule has 2 heterocycles. The highest BCUT2D eigenvalue weighted by Gasteiger charge is 2.48. The van der Waals surface area contributed by atoms with Crippen molar-refractivity contribution in [2.75, 3.05) is 13.1 Å². The van der Waals surface area contributed by atoms with Gasteiger partial charge in [0.1, 0.15) is 5.60 Å². The number of aromatic nitrogens is 2. The number of hydrogen-bond donors (Lipinski definition) is 2. The molecular weight excluding hydrogens is 667 g/mol. The predicted molar refractivity (Wildman–Crippen MR) is 208 cm³/mol. The second-order valence-corrected chi connectivity index (χ2v) is 14.8. The minimum absolute atomic E-state index is 0.0785. The third-order valence-electron chi connectivity index (χ3n) is 10.2. The molecular formula is C43H51N5O5. The second-order valence-electron chi connectivity index (χ2n) is 14.8. The van der Waals surface area contributed by atoms with Crippen molar-refractivity contribution < 1.29 is 19.4 Å². The zero-order chi connectivity index (χ0) is 37.5. The fraction of sp³-hybridized carbons (Fsp3) is 0.372. The molecule has 10 nitrogen and oxygen atoms in total.